The van der Waals surface area contributed by atoms with Crippen LogP contribution < -0.4 is 14.8 Å². The molecule has 0 fully saturated rings. The molecular formula is C27H26N2O3. The predicted molar refractivity (Wildman–Crippen MR) is 127 cm³/mol. The standard InChI is InChI=1S/C27H26N2O3/c1-18-9-10-21(13-20(18)3)17-32-26-15-24(31-4)12-11-22(26)14-23(16-28)27(30)29-25-8-6-5-7-19(25)2/h5-15H,17H2,1-4H3,(H,29,30)/b23-14+. The van der Waals surface area contributed by atoms with Crippen molar-refractivity contribution in [3.63, 3.8) is 0 Å². The van der Waals surface area contributed by atoms with Crippen LogP contribution in [0, 0.1) is 32.1 Å². The van der Waals surface area contributed by atoms with Gasteiger partial charge < -0.3 is 14.8 Å². The molecule has 0 bridgehead atoms. The van der Waals surface area contributed by atoms with E-state index in [1.54, 1.807) is 31.4 Å². The molecule has 0 unspecified atom stereocenters. The molecule has 5 heteroatoms. The monoisotopic (exact) mass is 426 g/mol. The topological polar surface area (TPSA) is 71.3 Å². The molecule has 1 amide bonds. The molecule has 0 saturated carbocycles. The lowest BCUT2D eigenvalue weighted by Crippen LogP contribution is -2.14. The number of nitriles is 1. The summed E-state index contributed by atoms with van der Waals surface area (Å²) in [5.74, 6) is 0.678. The van der Waals surface area contributed by atoms with E-state index in [4.69, 9.17) is 9.47 Å². The van der Waals surface area contributed by atoms with Crippen molar-refractivity contribution in [2.45, 2.75) is 27.4 Å². The summed E-state index contributed by atoms with van der Waals surface area (Å²) in [5, 5.41) is 12.4. The fourth-order valence-corrected chi connectivity index (χ4v) is 3.15. The number of carbonyl (C=O) groups is 1. The van der Waals surface area contributed by atoms with E-state index in [-0.39, 0.29) is 5.57 Å². The Labute approximate surface area is 188 Å². The number of hydrogen-bond donors (Lipinski definition) is 1. The van der Waals surface area contributed by atoms with Gasteiger partial charge in [0.25, 0.3) is 5.91 Å². The van der Waals surface area contributed by atoms with Gasteiger partial charge in [0.2, 0.25) is 0 Å². The number of para-hydroxylation sites is 1. The molecule has 0 aliphatic carbocycles. The van der Waals surface area contributed by atoms with Crippen molar-refractivity contribution >= 4 is 17.7 Å². The minimum absolute atomic E-state index is 0.0190. The van der Waals surface area contributed by atoms with Crippen LogP contribution in [-0.2, 0) is 11.4 Å². The number of amides is 1. The van der Waals surface area contributed by atoms with Crippen LogP contribution in [0.3, 0.4) is 0 Å². The number of carbonyl (C=O) groups excluding carboxylic acids is 1. The van der Waals surface area contributed by atoms with Crippen LogP contribution in [0.1, 0.15) is 27.8 Å². The number of nitrogens with one attached hydrogen (secondary N) is 1. The van der Waals surface area contributed by atoms with Gasteiger partial charge in [-0.2, -0.15) is 5.26 Å². The van der Waals surface area contributed by atoms with E-state index in [0.717, 1.165) is 11.1 Å². The molecule has 0 aromatic heterocycles. The van der Waals surface area contributed by atoms with Gasteiger partial charge in [-0.1, -0.05) is 36.4 Å². The van der Waals surface area contributed by atoms with Gasteiger partial charge in [-0.25, -0.2) is 0 Å². The number of ether oxygens (including phenoxy) is 2. The van der Waals surface area contributed by atoms with Gasteiger partial charge in [0.1, 0.15) is 29.7 Å². The van der Waals surface area contributed by atoms with Crippen molar-refractivity contribution in [1.82, 2.24) is 0 Å². The quantitative estimate of drug-likeness (QED) is 0.386. The molecule has 3 aromatic rings. The first kappa shape index (κ1) is 22.6. The van der Waals surface area contributed by atoms with Crippen LogP contribution >= 0.6 is 0 Å². The normalized spacial score (nSPS) is 10.9. The minimum Gasteiger partial charge on any atom is -0.497 e. The maximum atomic E-state index is 12.7. The largest absolute Gasteiger partial charge is 0.497 e. The average molecular weight is 427 g/mol. The zero-order chi connectivity index (χ0) is 23.1. The summed E-state index contributed by atoms with van der Waals surface area (Å²) in [6, 6.07) is 20.9. The molecule has 0 saturated heterocycles. The third-order valence-corrected chi connectivity index (χ3v) is 5.24. The smallest absolute Gasteiger partial charge is 0.266 e. The van der Waals surface area contributed by atoms with Gasteiger partial charge in [-0.3, -0.25) is 4.79 Å². The lowest BCUT2D eigenvalue weighted by atomic mass is 10.1. The van der Waals surface area contributed by atoms with Gasteiger partial charge in [0.05, 0.1) is 7.11 Å². The van der Waals surface area contributed by atoms with E-state index < -0.39 is 5.91 Å². The van der Waals surface area contributed by atoms with Crippen LogP contribution in [-0.4, -0.2) is 13.0 Å². The van der Waals surface area contributed by atoms with Gasteiger partial charge in [-0.05, 0) is 67.3 Å². The number of nitrogens with zero attached hydrogens (tertiary/aromatic N) is 1. The molecule has 0 heterocycles. The molecule has 162 valence electrons. The van der Waals surface area contributed by atoms with Crippen molar-refractivity contribution < 1.29 is 14.3 Å². The summed E-state index contributed by atoms with van der Waals surface area (Å²) < 4.78 is 11.4. The minimum atomic E-state index is -0.474. The average Bonchev–Trinajstić information content (AvgIpc) is 2.80. The Morgan fingerprint density at radius 2 is 1.78 bits per heavy atom. The number of benzene rings is 3. The predicted octanol–water partition coefficient (Wildman–Crippen LogP) is 5.75. The molecule has 0 radical (unpaired) electrons. The van der Waals surface area contributed by atoms with Crippen LogP contribution in [0.15, 0.2) is 66.2 Å². The highest BCUT2D eigenvalue weighted by molar-refractivity contribution is 6.10. The number of hydrogen-bond acceptors (Lipinski definition) is 4. The fraction of sp³-hybridized carbons (Fsp3) is 0.185. The van der Waals surface area contributed by atoms with Gasteiger partial charge in [0.15, 0.2) is 0 Å². The third kappa shape index (κ3) is 5.55. The Bertz CT molecular complexity index is 1210. The summed E-state index contributed by atoms with van der Waals surface area (Å²) >= 11 is 0. The molecule has 3 aromatic carbocycles. The Balaban J connectivity index is 1.87. The van der Waals surface area contributed by atoms with Crippen molar-refractivity contribution in [3.05, 3.63) is 94.1 Å². The molecule has 5 nitrogen and oxygen atoms in total. The molecule has 0 aliphatic rings. The maximum absolute atomic E-state index is 12.7. The zero-order valence-corrected chi connectivity index (χ0v) is 18.7. The van der Waals surface area contributed by atoms with Crippen LogP contribution in [0.4, 0.5) is 5.69 Å². The molecule has 0 atom stereocenters. The lowest BCUT2D eigenvalue weighted by Gasteiger charge is -2.13. The SMILES string of the molecule is COc1ccc(/C=C(\C#N)C(=O)Nc2ccccc2C)c(OCc2ccc(C)c(C)c2)c1. The summed E-state index contributed by atoms with van der Waals surface area (Å²) in [6.07, 6.45) is 1.53. The fourth-order valence-electron chi connectivity index (χ4n) is 3.15. The lowest BCUT2D eigenvalue weighted by molar-refractivity contribution is -0.112. The first-order valence-corrected chi connectivity index (χ1v) is 10.3. The molecular weight excluding hydrogens is 400 g/mol. The maximum Gasteiger partial charge on any atom is 0.266 e. The van der Waals surface area contributed by atoms with E-state index in [2.05, 4.69) is 31.3 Å². The second-order valence-corrected chi connectivity index (χ2v) is 7.55. The van der Waals surface area contributed by atoms with Gasteiger partial charge in [-0.15, -0.1) is 0 Å². The summed E-state index contributed by atoms with van der Waals surface area (Å²) in [4.78, 5) is 12.7. The van der Waals surface area contributed by atoms with Crippen molar-refractivity contribution in [2.24, 2.45) is 0 Å². The van der Waals surface area contributed by atoms with E-state index in [1.165, 1.54) is 17.2 Å². The summed E-state index contributed by atoms with van der Waals surface area (Å²) in [6.45, 7) is 6.38. The summed E-state index contributed by atoms with van der Waals surface area (Å²) in [7, 11) is 1.58. The Morgan fingerprint density at radius 1 is 1.00 bits per heavy atom. The van der Waals surface area contributed by atoms with Crippen LogP contribution in [0.5, 0.6) is 11.5 Å². The van der Waals surface area contributed by atoms with E-state index >= 15 is 0 Å². The van der Waals surface area contributed by atoms with Gasteiger partial charge in [0, 0.05) is 17.3 Å². The second kappa shape index (κ2) is 10.3. The zero-order valence-electron chi connectivity index (χ0n) is 18.7. The van der Waals surface area contributed by atoms with Gasteiger partial charge >= 0.3 is 0 Å². The Morgan fingerprint density at radius 3 is 2.47 bits per heavy atom. The molecule has 1 N–H and O–H groups in total. The summed E-state index contributed by atoms with van der Waals surface area (Å²) in [5.41, 5.74) is 5.62. The molecule has 0 spiro atoms. The van der Waals surface area contributed by atoms with Crippen molar-refractivity contribution in [3.8, 4) is 17.6 Å². The highest BCUT2D eigenvalue weighted by Crippen LogP contribution is 2.28. The highest BCUT2D eigenvalue weighted by atomic mass is 16.5. The van der Waals surface area contributed by atoms with Crippen molar-refractivity contribution in [2.75, 3.05) is 12.4 Å². The molecule has 32 heavy (non-hydrogen) atoms. The first-order valence-electron chi connectivity index (χ1n) is 10.3. The number of anilines is 1. The van der Waals surface area contributed by atoms with E-state index in [1.807, 2.05) is 37.3 Å². The molecule has 0 aliphatic heterocycles. The van der Waals surface area contributed by atoms with Crippen molar-refractivity contribution in [1.29, 1.82) is 5.26 Å². The Hall–Kier alpha value is -4.04. The number of methoxy groups -OCH3 is 1. The Kier molecular flexibility index (Phi) is 7.30. The van der Waals surface area contributed by atoms with Crippen LogP contribution in [0.25, 0.3) is 6.08 Å². The van der Waals surface area contributed by atoms with E-state index in [9.17, 15) is 10.1 Å². The first-order chi connectivity index (χ1) is 15.4. The van der Waals surface area contributed by atoms with E-state index in [0.29, 0.717) is 29.4 Å². The highest BCUT2D eigenvalue weighted by Gasteiger charge is 2.13. The number of aryl methyl sites for hydroxylation is 3. The number of rotatable bonds is 7. The molecule has 3 rings (SSSR count). The van der Waals surface area contributed by atoms with Crippen LogP contribution in [0.2, 0.25) is 0 Å². The third-order valence-electron chi connectivity index (χ3n) is 5.24. The second-order valence-electron chi connectivity index (χ2n) is 7.55.